The average Bonchev–Trinajstić information content (AvgIpc) is 2.72. The molecule has 0 aliphatic heterocycles. The molecule has 0 aliphatic rings. The summed E-state index contributed by atoms with van der Waals surface area (Å²) < 4.78 is 0. The van der Waals surface area contributed by atoms with Gasteiger partial charge in [-0.3, -0.25) is 4.79 Å². The zero-order valence-electron chi connectivity index (χ0n) is 19.1. The van der Waals surface area contributed by atoms with E-state index in [0.29, 0.717) is 6.42 Å². The number of carbonyl (C=O) groups is 1. The van der Waals surface area contributed by atoms with Crippen LogP contribution in [0, 0.1) is 0 Å². The maximum absolute atomic E-state index is 10.6. The predicted octanol–water partition coefficient (Wildman–Crippen LogP) is 8.51. The van der Waals surface area contributed by atoms with Crippen molar-refractivity contribution in [3.05, 3.63) is 35.4 Å². The van der Waals surface area contributed by atoms with E-state index in [4.69, 9.17) is 5.11 Å². The summed E-state index contributed by atoms with van der Waals surface area (Å²) in [5.41, 5.74) is 2.51. The molecule has 0 unspecified atom stereocenters. The summed E-state index contributed by atoms with van der Waals surface area (Å²) in [5, 5.41) is 8.74. The smallest absolute Gasteiger partial charge is 0.303 e. The van der Waals surface area contributed by atoms with Crippen LogP contribution in [-0.4, -0.2) is 11.1 Å². The Labute approximate surface area is 180 Å². The number of aliphatic carboxylic acids is 1. The molecule has 29 heavy (non-hydrogen) atoms. The number of benzene rings is 1. The van der Waals surface area contributed by atoms with E-state index in [1.165, 1.54) is 108 Å². The highest BCUT2D eigenvalue weighted by Crippen LogP contribution is 2.15. The maximum Gasteiger partial charge on any atom is 0.303 e. The van der Waals surface area contributed by atoms with Gasteiger partial charge in [-0.1, -0.05) is 128 Å². The molecule has 0 aromatic heterocycles. The van der Waals surface area contributed by atoms with Crippen LogP contribution >= 0.6 is 0 Å². The monoisotopic (exact) mass is 402 g/mol. The number of hydrogen-bond acceptors (Lipinski definition) is 1. The van der Waals surface area contributed by atoms with Gasteiger partial charge in [0.1, 0.15) is 0 Å². The molecule has 0 fully saturated rings. The lowest BCUT2D eigenvalue weighted by Crippen LogP contribution is -1.97. The van der Waals surface area contributed by atoms with Crippen molar-refractivity contribution in [2.24, 2.45) is 0 Å². The first kappa shape index (κ1) is 25.7. The summed E-state index contributed by atoms with van der Waals surface area (Å²) in [6.45, 7) is 2.29. The molecule has 1 aromatic rings. The lowest BCUT2D eigenvalue weighted by atomic mass is 10.0. The van der Waals surface area contributed by atoms with Crippen molar-refractivity contribution in [3.8, 4) is 0 Å². The lowest BCUT2D eigenvalue weighted by molar-refractivity contribution is -0.136. The Morgan fingerprint density at radius 3 is 1.31 bits per heavy atom. The van der Waals surface area contributed by atoms with E-state index in [2.05, 4.69) is 31.2 Å². The standard InChI is InChI=1S/C27H46O2/c1-2-3-4-5-6-7-8-9-10-11-12-13-14-15-16-17-18-25-19-21-26(22-20-25)23-24-27(28)29/h19-22H,2-18,23-24H2,1H3,(H,28,29). The molecule has 0 radical (unpaired) electrons. The molecule has 0 spiro atoms. The summed E-state index contributed by atoms with van der Waals surface area (Å²) in [6.07, 6.45) is 24.6. The highest BCUT2D eigenvalue weighted by Gasteiger charge is 2.00. The Morgan fingerprint density at radius 1 is 0.586 bits per heavy atom. The second kappa shape index (κ2) is 18.7. The second-order valence-electron chi connectivity index (χ2n) is 8.76. The minimum absolute atomic E-state index is 0.221. The molecule has 1 rings (SSSR count). The van der Waals surface area contributed by atoms with Crippen LogP contribution in [0.1, 0.15) is 127 Å². The Kier molecular flexibility index (Phi) is 16.6. The zero-order valence-corrected chi connectivity index (χ0v) is 19.1. The van der Waals surface area contributed by atoms with Crippen LogP contribution in [-0.2, 0) is 17.6 Å². The number of unbranched alkanes of at least 4 members (excludes halogenated alkanes) is 15. The van der Waals surface area contributed by atoms with Crippen LogP contribution in [0.3, 0.4) is 0 Å². The van der Waals surface area contributed by atoms with Gasteiger partial charge in [-0.15, -0.1) is 0 Å². The van der Waals surface area contributed by atoms with Crippen molar-refractivity contribution >= 4 is 5.97 Å². The first-order valence-corrected chi connectivity index (χ1v) is 12.5. The predicted molar refractivity (Wildman–Crippen MR) is 126 cm³/mol. The molecule has 0 atom stereocenters. The molecule has 1 N–H and O–H groups in total. The molecular formula is C27H46O2. The Bertz CT molecular complexity index is 492. The second-order valence-corrected chi connectivity index (χ2v) is 8.76. The SMILES string of the molecule is CCCCCCCCCCCCCCCCCCc1ccc(CCC(=O)O)cc1. The topological polar surface area (TPSA) is 37.3 Å². The minimum atomic E-state index is -0.720. The fraction of sp³-hybridized carbons (Fsp3) is 0.741. The molecule has 0 saturated carbocycles. The Hall–Kier alpha value is -1.31. The fourth-order valence-corrected chi connectivity index (χ4v) is 4.00. The van der Waals surface area contributed by atoms with Crippen LogP contribution in [0.5, 0.6) is 0 Å². The largest absolute Gasteiger partial charge is 0.481 e. The van der Waals surface area contributed by atoms with Gasteiger partial charge in [-0.25, -0.2) is 0 Å². The number of aryl methyl sites for hydroxylation is 2. The fourth-order valence-electron chi connectivity index (χ4n) is 4.00. The summed E-state index contributed by atoms with van der Waals surface area (Å²) in [6, 6.07) is 8.51. The first-order chi connectivity index (χ1) is 14.2. The third-order valence-corrected chi connectivity index (χ3v) is 5.97. The van der Waals surface area contributed by atoms with Crippen LogP contribution in [0.25, 0.3) is 0 Å². The van der Waals surface area contributed by atoms with Gasteiger partial charge in [0.2, 0.25) is 0 Å². The normalized spacial score (nSPS) is 11.1. The van der Waals surface area contributed by atoms with Crippen LogP contribution < -0.4 is 0 Å². The zero-order chi connectivity index (χ0) is 21.0. The molecular weight excluding hydrogens is 356 g/mol. The van der Waals surface area contributed by atoms with Gasteiger partial charge in [-0.2, -0.15) is 0 Å². The molecule has 0 amide bonds. The molecule has 166 valence electrons. The van der Waals surface area contributed by atoms with E-state index in [-0.39, 0.29) is 6.42 Å². The van der Waals surface area contributed by atoms with Crippen molar-refractivity contribution in [2.45, 2.75) is 129 Å². The number of rotatable bonds is 20. The van der Waals surface area contributed by atoms with E-state index in [1.807, 2.05) is 0 Å². The van der Waals surface area contributed by atoms with Crippen LogP contribution in [0.2, 0.25) is 0 Å². The molecule has 0 saturated heterocycles. The highest BCUT2D eigenvalue weighted by molar-refractivity contribution is 5.67. The summed E-state index contributed by atoms with van der Waals surface area (Å²) in [5.74, 6) is -0.720. The van der Waals surface area contributed by atoms with Gasteiger partial charge in [0.25, 0.3) is 0 Å². The third kappa shape index (κ3) is 16.2. The molecule has 2 heteroatoms. The lowest BCUT2D eigenvalue weighted by Gasteiger charge is -2.05. The van der Waals surface area contributed by atoms with E-state index < -0.39 is 5.97 Å². The third-order valence-electron chi connectivity index (χ3n) is 5.97. The molecule has 1 aromatic carbocycles. The summed E-state index contributed by atoms with van der Waals surface area (Å²) in [4.78, 5) is 10.6. The summed E-state index contributed by atoms with van der Waals surface area (Å²) >= 11 is 0. The first-order valence-electron chi connectivity index (χ1n) is 12.5. The Balaban J connectivity index is 1.83. The van der Waals surface area contributed by atoms with Crippen molar-refractivity contribution in [3.63, 3.8) is 0 Å². The van der Waals surface area contributed by atoms with Crippen molar-refractivity contribution in [1.29, 1.82) is 0 Å². The van der Waals surface area contributed by atoms with Crippen molar-refractivity contribution < 1.29 is 9.90 Å². The summed E-state index contributed by atoms with van der Waals surface area (Å²) in [7, 11) is 0. The number of carboxylic acids is 1. The van der Waals surface area contributed by atoms with Crippen molar-refractivity contribution in [2.75, 3.05) is 0 Å². The average molecular weight is 403 g/mol. The molecule has 0 aliphatic carbocycles. The van der Waals surface area contributed by atoms with Crippen LogP contribution in [0.15, 0.2) is 24.3 Å². The number of carboxylic acid groups (broad SMARTS) is 1. The van der Waals surface area contributed by atoms with Gasteiger partial charge in [0, 0.05) is 6.42 Å². The van der Waals surface area contributed by atoms with E-state index in [0.717, 1.165) is 12.0 Å². The van der Waals surface area contributed by atoms with Gasteiger partial charge >= 0.3 is 5.97 Å². The maximum atomic E-state index is 10.6. The minimum Gasteiger partial charge on any atom is -0.481 e. The molecule has 2 nitrogen and oxygen atoms in total. The van der Waals surface area contributed by atoms with Gasteiger partial charge < -0.3 is 5.11 Å². The van der Waals surface area contributed by atoms with Gasteiger partial charge in [0.15, 0.2) is 0 Å². The van der Waals surface area contributed by atoms with Gasteiger partial charge in [0.05, 0.1) is 0 Å². The molecule has 0 bridgehead atoms. The highest BCUT2D eigenvalue weighted by atomic mass is 16.4. The van der Waals surface area contributed by atoms with E-state index in [1.54, 1.807) is 0 Å². The van der Waals surface area contributed by atoms with Crippen LogP contribution in [0.4, 0.5) is 0 Å². The Morgan fingerprint density at radius 2 is 0.931 bits per heavy atom. The quantitative estimate of drug-likeness (QED) is 0.222. The van der Waals surface area contributed by atoms with Gasteiger partial charge in [-0.05, 0) is 30.4 Å². The molecule has 0 heterocycles. The number of hydrogen-bond donors (Lipinski definition) is 1. The van der Waals surface area contributed by atoms with Crippen molar-refractivity contribution in [1.82, 2.24) is 0 Å². The van der Waals surface area contributed by atoms with E-state index in [9.17, 15) is 4.79 Å². The van der Waals surface area contributed by atoms with E-state index >= 15 is 0 Å².